The fourth-order valence-corrected chi connectivity index (χ4v) is 3.39. The summed E-state index contributed by atoms with van der Waals surface area (Å²) in [5, 5.41) is 0. The molecule has 2 rings (SSSR count). The van der Waals surface area contributed by atoms with Crippen LogP contribution >= 0.6 is 27.3 Å². The SMILES string of the molecule is CCc1ccc(CN2CCC(Br)CC2)s1. The van der Waals surface area contributed by atoms with Gasteiger partial charge in [0.1, 0.15) is 0 Å². The van der Waals surface area contributed by atoms with Crippen molar-refractivity contribution < 1.29 is 0 Å². The molecule has 84 valence electrons. The molecule has 0 atom stereocenters. The summed E-state index contributed by atoms with van der Waals surface area (Å²) in [5.74, 6) is 0. The van der Waals surface area contributed by atoms with Gasteiger partial charge in [-0.2, -0.15) is 0 Å². The van der Waals surface area contributed by atoms with E-state index in [0.29, 0.717) is 0 Å². The van der Waals surface area contributed by atoms with Crippen molar-refractivity contribution >= 4 is 27.3 Å². The molecule has 0 amide bonds. The Hall–Kier alpha value is 0.140. The minimum atomic E-state index is 0.753. The zero-order valence-corrected chi connectivity index (χ0v) is 11.6. The number of hydrogen-bond acceptors (Lipinski definition) is 2. The second-order valence-corrected chi connectivity index (χ2v) is 6.72. The van der Waals surface area contributed by atoms with Crippen molar-refractivity contribution in [1.29, 1.82) is 0 Å². The molecule has 0 aliphatic carbocycles. The number of rotatable bonds is 3. The highest BCUT2D eigenvalue weighted by molar-refractivity contribution is 9.09. The van der Waals surface area contributed by atoms with E-state index in [4.69, 9.17) is 0 Å². The molecule has 1 fully saturated rings. The summed E-state index contributed by atoms with van der Waals surface area (Å²) in [6, 6.07) is 4.57. The first-order valence-electron chi connectivity index (χ1n) is 5.72. The standard InChI is InChI=1S/C12H18BrNS/c1-2-11-3-4-12(15-11)9-14-7-5-10(13)6-8-14/h3-4,10H,2,5-9H2,1H3. The van der Waals surface area contributed by atoms with Crippen molar-refractivity contribution in [3.8, 4) is 0 Å². The molecule has 1 aromatic rings. The van der Waals surface area contributed by atoms with Crippen LogP contribution < -0.4 is 0 Å². The van der Waals surface area contributed by atoms with Crippen LogP contribution in [0.25, 0.3) is 0 Å². The van der Waals surface area contributed by atoms with Gasteiger partial charge >= 0.3 is 0 Å². The minimum Gasteiger partial charge on any atom is -0.298 e. The molecule has 0 aromatic carbocycles. The smallest absolute Gasteiger partial charge is 0.0328 e. The van der Waals surface area contributed by atoms with E-state index < -0.39 is 0 Å². The van der Waals surface area contributed by atoms with Gasteiger partial charge in [0.25, 0.3) is 0 Å². The second kappa shape index (κ2) is 5.46. The lowest BCUT2D eigenvalue weighted by Crippen LogP contribution is -2.33. The number of hydrogen-bond donors (Lipinski definition) is 0. The Balaban J connectivity index is 1.86. The van der Waals surface area contributed by atoms with Crippen LogP contribution in [0.5, 0.6) is 0 Å². The van der Waals surface area contributed by atoms with E-state index in [2.05, 4.69) is 39.9 Å². The highest BCUT2D eigenvalue weighted by Crippen LogP contribution is 2.22. The molecule has 0 unspecified atom stereocenters. The average molecular weight is 288 g/mol. The molecule has 1 saturated heterocycles. The summed E-state index contributed by atoms with van der Waals surface area (Å²) < 4.78 is 0. The third-order valence-electron chi connectivity index (χ3n) is 2.96. The molecule has 3 heteroatoms. The van der Waals surface area contributed by atoms with Crippen molar-refractivity contribution in [2.75, 3.05) is 13.1 Å². The topological polar surface area (TPSA) is 3.24 Å². The van der Waals surface area contributed by atoms with Gasteiger partial charge in [-0.15, -0.1) is 11.3 Å². The minimum absolute atomic E-state index is 0.753. The van der Waals surface area contributed by atoms with Crippen LogP contribution in [0, 0.1) is 0 Å². The molecule has 1 aliphatic heterocycles. The predicted molar refractivity (Wildman–Crippen MR) is 70.9 cm³/mol. The van der Waals surface area contributed by atoms with Crippen LogP contribution in [0.3, 0.4) is 0 Å². The summed E-state index contributed by atoms with van der Waals surface area (Å²) in [5.41, 5.74) is 0. The summed E-state index contributed by atoms with van der Waals surface area (Å²) in [6.45, 7) is 5.88. The quantitative estimate of drug-likeness (QED) is 0.767. The summed E-state index contributed by atoms with van der Waals surface area (Å²) >= 11 is 5.67. The van der Waals surface area contributed by atoms with Crippen LogP contribution in [0.1, 0.15) is 29.5 Å². The Morgan fingerprint density at radius 1 is 1.33 bits per heavy atom. The Kier molecular flexibility index (Phi) is 4.23. The van der Waals surface area contributed by atoms with Gasteiger partial charge < -0.3 is 0 Å². The van der Waals surface area contributed by atoms with Crippen molar-refractivity contribution in [3.63, 3.8) is 0 Å². The van der Waals surface area contributed by atoms with E-state index in [9.17, 15) is 0 Å². The molecule has 2 heterocycles. The first-order chi connectivity index (χ1) is 7.28. The number of piperidine rings is 1. The zero-order valence-electron chi connectivity index (χ0n) is 9.21. The normalized spacial score (nSPS) is 19.6. The van der Waals surface area contributed by atoms with E-state index in [-0.39, 0.29) is 0 Å². The lowest BCUT2D eigenvalue weighted by atomic mass is 10.1. The van der Waals surface area contributed by atoms with Gasteiger partial charge in [0, 0.05) is 21.1 Å². The van der Waals surface area contributed by atoms with Crippen molar-refractivity contribution in [1.82, 2.24) is 4.90 Å². The summed E-state index contributed by atoms with van der Waals surface area (Å²) in [6.07, 6.45) is 3.77. The molecule has 1 aromatic heterocycles. The molecular formula is C12H18BrNS. The number of likely N-dealkylation sites (tertiary alicyclic amines) is 1. The summed E-state index contributed by atoms with van der Waals surface area (Å²) in [7, 11) is 0. The van der Waals surface area contributed by atoms with E-state index in [1.807, 2.05) is 11.3 Å². The molecule has 15 heavy (non-hydrogen) atoms. The third kappa shape index (κ3) is 3.30. The van der Waals surface area contributed by atoms with Gasteiger partial charge in [-0.3, -0.25) is 4.90 Å². The highest BCUT2D eigenvalue weighted by Gasteiger charge is 2.17. The fraction of sp³-hybridized carbons (Fsp3) is 0.667. The number of halogens is 1. The van der Waals surface area contributed by atoms with Gasteiger partial charge in [-0.05, 0) is 44.5 Å². The van der Waals surface area contributed by atoms with E-state index in [1.54, 1.807) is 0 Å². The van der Waals surface area contributed by atoms with Gasteiger partial charge in [-0.25, -0.2) is 0 Å². The lowest BCUT2D eigenvalue weighted by molar-refractivity contribution is 0.228. The highest BCUT2D eigenvalue weighted by atomic mass is 79.9. The molecule has 0 radical (unpaired) electrons. The van der Waals surface area contributed by atoms with Gasteiger partial charge in [0.15, 0.2) is 0 Å². The molecule has 0 bridgehead atoms. The molecule has 0 saturated carbocycles. The van der Waals surface area contributed by atoms with Crippen molar-refractivity contribution in [2.45, 2.75) is 37.6 Å². The maximum absolute atomic E-state index is 3.69. The van der Waals surface area contributed by atoms with E-state index in [0.717, 1.165) is 11.4 Å². The Morgan fingerprint density at radius 3 is 2.60 bits per heavy atom. The van der Waals surface area contributed by atoms with Gasteiger partial charge in [0.05, 0.1) is 0 Å². The molecule has 1 aliphatic rings. The Morgan fingerprint density at radius 2 is 2.00 bits per heavy atom. The molecule has 1 nitrogen and oxygen atoms in total. The fourth-order valence-electron chi connectivity index (χ4n) is 1.98. The van der Waals surface area contributed by atoms with Crippen LogP contribution in [-0.4, -0.2) is 22.8 Å². The first kappa shape index (κ1) is 11.6. The van der Waals surface area contributed by atoms with E-state index in [1.165, 1.54) is 42.1 Å². The average Bonchev–Trinajstić information content (AvgIpc) is 2.69. The van der Waals surface area contributed by atoms with Crippen molar-refractivity contribution in [2.24, 2.45) is 0 Å². The van der Waals surface area contributed by atoms with Gasteiger partial charge in [0.2, 0.25) is 0 Å². The summed E-state index contributed by atoms with van der Waals surface area (Å²) in [4.78, 5) is 6.37. The third-order valence-corrected chi connectivity index (χ3v) is 5.09. The monoisotopic (exact) mass is 287 g/mol. The number of nitrogens with zero attached hydrogens (tertiary/aromatic N) is 1. The van der Waals surface area contributed by atoms with Crippen molar-refractivity contribution in [3.05, 3.63) is 21.9 Å². The van der Waals surface area contributed by atoms with Crippen LogP contribution in [0.4, 0.5) is 0 Å². The second-order valence-electron chi connectivity index (χ2n) is 4.17. The first-order valence-corrected chi connectivity index (χ1v) is 7.45. The lowest BCUT2D eigenvalue weighted by Gasteiger charge is -2.28. The zero-order chi connectivity index (χ0) is 10.7. The number of aryl methyl sites for hydroxylation is 1. The van der Waals surface area contributed by atoms with Crippen LogP contribution in [0.15, 0.2) is 12.1 Å². The van der Waals surface area contributed by atoms with E-state index >= 15 is 0 Å². The molecular weight excluding hydrogens is 270 g/mol. The maximum Gasteiger partial charge on any atom is 0.0328 e. The van der Waals surface area contributed by atoms with Crippen LogP contribution in [-0.2, 0) is 13.0 Å². The molecule has 0 spiro atoms. The Bertz CT molecular complexity index is 302. The Labute approximate surface area is 105 Å². The number of thiophene rings is 1. The van der Waals surface area contributed by atoms with Gasteiger partial charge in [-0.1, -0.05) is 22.9 Å². The maximum atomic E-state index is 3.69. The van der Waals surface area contributed by atoms with Crippen LogP contribution in [0.2, 0.25) is 0 Å². The predicted octanol–water partition coefficient (Wildman–Crippen LogP) is 3.67. The number of alkyl halides is 1. The largest absolute Gasteiger partial charge is 0.298 e. The molecule has 0 N–H and O–H groups in total.